The second kappa shape index (κ2) is 13.3. The molecule has 0 saturated heterocycles. The molecule has 37 heavy (non-hydrogen) atoms. The van der Waals surface area contributed by atoms with E-state index in [9.17, 15) is 9.59 Å². The van der Waals surface area contributed by atoms with E-state index < -0.39 is 6.04 Å². The fourth-order valence-electron chi connectivity index (χ4n) is 4.97. The summed E-state index contributed by atoms with van der Waals surface area (Å²) in [5, 5.41) is 3.82. The first-order valence-electron chi connectivity index (χ1n) is 13.0. The highest BCUT2D eigenvalue weighted by Crippen LogP contribution is 2.23. The predicted molar refractivity (Wildman–Crippen MR) is 148 cm³/mol. The Labute approximate surface area is 224 Å². The lowest BCUT2D eigenvalue weighted by Gasteiger charge is -2.33. The molecule has 0 bridgehead atoms. The number of amides is 2. The number of methoxy groups -OCH3 is 1. The van der Waals surface area contributed by atoms with E-state index in [1.54, 1.807) is 18.1 Å². The number of nitrogens with zero attached hydrogens (tertiary/aromatic N) is 1. The van der Waals surface area contributed by atoms with Crippen molar-refractivity contribution in [2.24, 2.45) is 0 Å². The number of carbonyl (C=O) groups is 2. The van der Waals surface area contributed by atoms with Crippen LogP contribution in [0.5, 0.6) is 5.75 Å². The first-order valence-corrected chi connectivity index (χ1v) is 13.4. The van der Waals surface area contributed by atoms with Gasteiger partial charge in [0.05, 0.1) is 13.5 Å². The van der Waals surface area contributed by atoms with Gasteiger partial charge >= 0.3 is 0 Å². The molecule has 1 unspecified atom stereocenters. The summed E-state index contributed by atoms with van der Waals surface area (Å²) in [6, 6.07) is 24.4. The van der Waals surface area contributed by atoms with Crippen LogP contribution in [0.15, 0.2) is 78.9 Å². The Kier molecular flexibility index (Phi) is 9.61. The Morgan fingerprint density at radius 2 is 1.65 bits per heavy atom. The number of hydrogen-bond donors (Lipinski definition) is 1. The standard InChI is InChI=1S/C31H35ClN2O3/c1-37-27-17-10-13-24(19-27)22-34(30(35)21-25-14-8-9-18-28(25)32)29(20-23-11-4-2-5-12-23)31(36)33-26-15-6-3-7-16-26/h2,4-5,8-14,17-19,26,29H,3,6-7,15-16,20-22H2,1H3,(H,33,36). The van der Waals surface area contributed by atoms with E-state index in [0.29, 0.717) is 17.2 Å². The van der Waals surface area contributed by atoms with Crippen molar-refractivity contribution in [2.75, 3.05) is 7.11 Å². The van der Waals surface area contributed by atoms with Gasteiger partial charge in [-0.15, -0.1) is 0 Å². The van der Waals surface area contributed by atoms with Gasteiger partial charge < -0.3 is 15.0 Å². The van der Waals surface area contributed by atoms with Crippen LogP contribution < -0.4 is 10.1 Å². The molecule has 2 amide bonds. The molecule has 3 aromatic rings. The summed E-state index contributed by atoms with van der Waals surface area (Å²) in [5.41, 5.74) is 2.65. The highest BCUT2D eigenvalue weighted by atomic mass is 35.5. The van der Waals surface area contributed by atoms with Crippen molar-refractivity contribution in [2.45, 2.75) is 63.6 Å². The minimum atomic E-state index is -0.662. The molecule has 4 rings (SSSR count). The molecule has 5 nitrogen and oxygen atoms in total. The van der Waals surface area contributed by atoms with Crippen LogP contribution in [0.3, 0.4) is 0 Å². The van der Waals surface area contributed by atoms with E-state index in [2.05, 4.69) is 5.32 Å². The predicted octanol–water partition coefficient (Wildman–Crippen LogP) is 5.98. The molecule has 1 aliphatic rings. The van der Waals surface area contributed by atoms with Gasteiger partial charge in [0.25, 0.3) is 0 Å². The maximum Gasteiger partial charge on any atom is 0.243 e. The van der Waals surface area contributed by atoms with E-state index in [4.69, 9.17) is 16.3 Å². The third-order valence-electron chi connectivity index (χ3n) is 7.01. The average molecular weight is 519 g/mol. The van der Waals surface area contributed by atoms with Crippen LogP contribution in [-0.2, 0) is 29.0 Å². The second-order valence-corrected chi connectivity index (χ2v) is 10.1. The Morgan fingerprint density at radius 3 is 2.38 bits per heavy atom. The average Bonchev–Trinajstić information content (AvgIpc) is 2.93. The van der Waals surface area contributed by atoms with Crippen molar-refractivity contribution in [3.05, 3.63) is 101 Å². The quantitative estimate of drug-likeness (QED) is 0.359. The molecule has 3 aromatic carbocycles. The lowest BCUT2D eigenvalue weighted by molar-refractivity contribution is -0.141. The van der Waals surface area contributed by atoms with Gasteiger partial charge in [-0.25, -0.2) is 0 Å². The van der Waals surface area contributed by atoms with Gasteiger partial charge in [0.15, 0.2) is 0 Å². The van der Waals surface area contributed by atoms with Crippen LogP contribution >= 0.6 is 11.6 Å². The van der Waals surface area contributed by atoms with Gasteiger partial charge in [-0.1, -0.05) is 91.5 Å². The molecule has 1 saturated carbocycles. The minimum absolute atomic E-state index is 0.105. The third-order valence-corrected chi connectivity index (χ3v) is 7.38. The fourth-order valence-corrected chi connectivity index (χ4v) is 5.17. The number of carbonyl (C=O) groups excluding carboxylic acids is 2. The van der Waals surface area contributed by atoms with E-state index in [1.165, 1.54) is 6.42 Å². The number of nitrogens with one attached hydrogen (secondary N) is 1. The molecule has 0 aromatic heterocycles. The smallest absolute Gasteiger partial charge is 0.243 e. The normalized spacial score (nSPS) is 14.5. The Bertz CT molecular complexity index is 1180. The summed E-state index contributed by atoms with van der Waals surface area (Å²) in [6.45, 7) is 0.288. The highest BCUT2D eigenvalue weighted by Gasteiger charge is 2.32. The van der Waals surface area contributed by atoms with Crippen molar-refractivity contribution in [3.63, 3.8) is 0 Å². The van der Waals surface area contributed by atoms with Gasteiger partial charge in [-0.05, 0) is 47.7 Å². The molecule has 0 heterocycles. The molecule has 0 aliphatic heterocycles. The number of benzene rings is 3. The molecule has 0 radical (unpaired) electrons. The molecule has 1 atom stereocenters. The van der Waals surface area contributed by atoms with Gasteiger partial charge in [0.1, 0.15) is 11.8 Å². The largest absolute Gasteiger partial charge is 0.497 e. The van der Waals surface area contributed by atoms with Crippen molar-refractivity contribution in [1.82, 2.24) is 10.2 Å². The zero-order valence-corrected chi connectivity index (χ0v) is 22.1. The highest BCUT2D eigenvalue weighted by molar-refractivity contribution is 6.31. The molecule has 1 aliphatic carbocycles. The summed E-state index contributed by atoms with van der Waals surface area (Å²) in [7, 11) is 1.62. The van der Waals surface area contributed by atoms with Crippen molar-refractivity contribution >= 4 is 23.4 Å². The summed E-state index contributed by atoms with van der Waals surface area (Å²) >= 11 is 6.41. The monoisotopic (exact) mass is 518 g/mol. The molecular formula is C31H35ClN2O3. The van der Waals surface area contributed by atoms with Gasteiger partial charge in [-0.3, -0.25) is 9.59 Å². The van der Waals surface area contributed by atoms with Crippen LogP contribution in [0.1, 0.15) is 48.8 Å². The van der Waals surface area contributed by atoms with Crippen LogP contribution in [0.2, 0.25) is 5.02 Å². The van der Waals surface area contributed by atoms with E-state index in [-0.39, 0.29) is 30.8 Å². The van der Waals surface area contributed by atoms with Crippen molar-refractivity contribution in [3.8, 4) is 5.75 Å². The molecule has 1 fully saturated rings. The van der Waals surface area contributed by atoms with E-state index in [0.717, 1.165) is 42.4 Å². The summed E-state index contributed by atoms with van der Waals surface area (Å²) in [5.74, 6) is 0.462. The van der Waals surface area contributed by atoms with Crippen molar-refractivity contribution in [1.29, 1.82) is 0 Å². The second-order valence-electron chi connectivity index (χ2n) is 9.69. The van der Waals surface area contributed by atoms with Crippen LogP contribution in [0, 0.1) is 0 Å². The maximum atomic E-state index is 13.9. The van der Waals surface area contributed by atoms with Gasteiger partial charge in [0.2, 0.25) is 11.8 Å². The van der Waals surface area contributed by atoms with Crippen LogP contribution in [0.25, 0.3) is 0 Å². The number of halogens is 1. The Hall–Kier alpha value is -3.31. The summed E-state index contributed by atoms with van der Waals surface area (Å²) in [4.78, 5) is 29.5. The number of hydrogen-bond acceptors (Lipinski definition) is 3. The van der Waals surface area contributed by atoms with Crippen molar-refractivity contribution < 1.29 is 14.3 Å². The summed E-state index contributed by atoms with van der Waals surface area (Å²) in [6.07, 6.45) is 5.95. The first kappa shape index (κ1) is 26.7. The first-order chi connectivity index (χ1) is 18.0. The topological polar surface area (TPSA) is 58.6 Å². The summed E-state index contributed by atoms with van der Waals surface area (Å²) < 4.78 is 5.41. The molecule has 0 spiro atoms. The number of rotatable bonds is 10. The van der Waals surface area contributed by atoms with Gasteiger partial charge in [-0.2, -0.15) is 0 Å². The van der Waals surface area contributed by atoms with Crippen LogP contribution in [0.4, 0.5) is 0 Å². The molecule has 1 N–H and O–H groups in total. The Morgan fingerprint density at radius 1 is 0.946 bits per heavy atom. The lowest BCUT2D eigenvalue weighted by Crippen LogP contribution is -2.53. The number of ether oxygens (including phenoxy) is 1. The van der Waals surface area contributed by atoms with E-state index in [1.807, 2.05) is 72.8 Å². The zero-order valence-electron chi connectivity index (χ0n) is 21.4. The van der Waals surface area contributed by atoms with Gasteiger partial charge in [0, 0.05) is 24.0 Å². The fraction of sp³-hybridized carbons (Fsp3) is 0.355. The van der Waals surface area contributed by atoms with E-state index >= 15 is 0 Å². The van der Waals surface area contributed by atoms with Crippen LogP contribution in [-0.4, -0.2) is 35.9 Å². The molecular weight excluding hydrogens is 484 g/mol. The molecule has 6 heteroatoms. The lowest BCUT2D eigenvalue weighted by atomic mass is 9.94. The maximum absolute atomic E-state index is 13.9. The molecule has 194 valence electrons. The minimum Gasteiger partial charge on any atom is -0.497 e. The third kappa shape index (κ3) is 7.59. The SMILES string of the molecule is COc1cccc(CN(C(=O)Cc2ccccc2Cl)C(Cc2ccccc2)C(=O)NC2CCCCC2)c1. The Balaban J connectivity index is 1.67. The zero-order chi connectivity index (χ0) is 26.0.